The molecule has 1 heterocycles. The lowest BCUT2D eigenvalue weighted by atomic mass is 10.0. The highest BCUT2D eigenvalue weighted by atomic mass is 16.5. The average molecular weight is 274 g/mol. The van der Waals surface area contributed by atoms with Crippen LogP contribution in [0.15, 0.2) is 34.9 Å². The number of rotatable bonds is 7. The van der Waals surface area contributed by atoms with Gasteiger partial charge in [0.15, 0.2) is 5.82 Å². The largest absolute Gasteiger partial charge is 0.339 e. The predicted octanol–water partition coefficient (Wildman–Crippen LogP) is 1.68. The van der Waals surface area contributed by atoms with E-state index in [-0.39, 0.29) is 6.04 Å². The van der Waals surface area contributed by atoms with Gasteiger partial charge in [-0.2, -0.15) is 4.98 Å². The van der Waals surface area contributed by atoms with Crippen molar-refractivity contribution in [3.63, 3.8) is 0 Å². The summed E-state index contributed by atoms with van der Waals surface area (Å²) in [5, 5.41) is 7.32. The van der Waals surface area contributed by atoms with Gasteiger partial charge in [-0.05, 0) is 26.7 Å². The van der Waals surface area contributed by atoms with E-state index in [1.807, 2.05) is 39.3 Å². The summed E-state index contributed by atoms with van der Waals surface area (Å²) >= 11 is 0. The number of aromatic nitrogens is 2. The van der Waals surface area contributed by atoms with Gasteiger partial charge in [-0.3, -0.25) is 0 Å². The first kappa shape index (κ1) is 14.7. The fraction of sp³-hybridized carbons (Fsp3) is 0.467. The van der Waals surface area contributed by atoms with E-state index in [2.05, 4.69) is 32.5 Å². The molecule has 0 spiro atoms. The first-order valence-electron chi connectivity index (χ1n) is 6.87. The highest BCUT2D eigenvalue weighted by Gasteiger charge is 2.14. The third-order valence-electron chi connectivity index (χ3n) is 3.22. The maximum atomic E-state index is 5.33. The van der Waals surface area contributed by atoms with Gasteiger partial charge in [0.25, 0.3) is 0 Å². The van der Waals surface area contributed by atoms with Crippen LogP contribution in [0.5, 0.6) is 0 Å². The number of likely N-dealkylation sites (N-methyl/N-ethyl adjacent to an activating group) is 2. The van der Waals surface area contributed by atoms with Crippen molar-refractivity contribution < 1.29 is 4.52 Å². The minimum absolute atomic E-state index is 0.193. The van der Waals surface area contributed by atoms with Crippen molar-refractivity contribution in [3.8, 4) is 0 Å². The highest BCUT2D eigenvalue weighted by Crippen LogP contribution is 2.16. The predicted molar refractivity (Wildman–Crippen MR) is 78.5 cm³/mol. The molecule has 1 atom stereocenters. The molecule has 0 radical (unpaired) electrons. The van der Waals surface area contributed by atoms with Crippen molar-refractivity contribution in [2.24, 2.45) is 0 Å². The van der Waals surface area contributed by atoms with Crippen molar-refractivity contribution >= 4 is 0 Å². The van der Waals surface area contributed by atoms with Crippen LogP contribution in [0.4, 0.5) is 0 Å². The summed E-state index contributed by atoms with van der Waals surface area (Å²) in [5.74, 6) is 1.46. The molecular formula is C15H22N4O. The van der Waals surface area contributed by atoms with Gasteiger partial charge in [0.2, 0.25) is 5.89 Å². The third-order valence-corrected chi connectivity index (χ3v) is 3.22. The zero-order valence-corrected chi connectivity index (χ0v) is 12.3. The Morgan fingerprint density at radius 2 is 2.00 bits per heavy atom. The second kappa shape index (κ2) is 7.17. The number of benzene rings is 1. The molecule has 0 saturated heterocycles. The second-order valence-electron chi connectivity index (χ2n) is 5.11. The van der Waals surface area contributed by atoms with Gasteiger partial charge in [0.05, 0.1) is 0 Å². The molecule has 0 saturated carbocycles. The summed E-state index contributed by atoms with van der Waals surface area (Å²) in [6.07, 6.45) is 1.52. The molecule has 1 aromatic carbocycles. The minimum Gasteiger partial charge on any atom is -0.339 e. The molecule has 5 nitrogen and oxygen atoms in total. The molecule has 0 bridgehead atoms. The molecule has 0 aliphatic rings. The molecular weight excluding hydrogens is 252 g/mol. The lowest BCUT2D eigenvalue weighted by Gasteiger charge is -2.13. The second-order valence-corrected chi connectivity index (χ2v) is 5.11. The van der Waals surface area contributed by atoms with Crippen LogP contribution in [0.1, 0.15) is 23.3 Å². The van der Waals surface area contributed by atoms with Gasteiger partial charge in [0, 0.05) is 25.4 Å². The van der Waals surface area contributed by atoms with Crippen LogP contribution in [0.3, 0.4) is 0 Å². The molecule has 0 fully saturated rings. The Bertz CT molecular complexity index is 510. The van der Waals surface area contributed by atoms with E-state index in [4.69, 9.17) is 4.52 Å². The summed E-state index contributed by atoms with van der Waals surface area (Å²) in [5.41, 5.74) is 1.23. The van der Waals surface area contributed by atoms with Gasteiger partial charge >= 0.3 is 0 Å². The normalized spacial score (nSPS) is 12.8. The van der Waals surface area contributed by atoms with Crippen molar-refractivity contribution in [1.29, 1.82) is 0 Å². The summed E-state index contributed by atoms with van der Waals surface area (Å²) in [6.45, 7) is 0.924. The lowest BCUT2D eigenvalue weighted by molar-refractivity contribution is 0.354. The van der Waals surface area contributed by atoms with E-state index >= 15 is 0 Å². The Balaban J connectivity index is 1.98. The van der Waals surface area contributed by atoms with Crippen molar-refractivity contribution in [2.45, 2.75) is 18.9 Å². The monoisotopic (exact) mass is 274 g/mol. The Hall–Kier alpha value is -1.72. The smallest absolute Gasteiger partial charge is 0.228 e. The van der Waals surface area contributed by atoms with Crippen molar-refractivity contribution in [2.75, 3.05) is 27.7 Å². The van der Waals surface area contributed by atoms with E-state index in [0.717, 1.165) is 18.8 Å². The van der Waals surface area contributed by atoms with Crippen LogP contribution in [0.25, 0.3) is 0 Å². The van der Waals surface area contributed by atoms with Gasteiger partial charge in [-0.25, -0.2) is 0 Å². The maximum absolute atomic E-state index is 5.33. The molecule has 2 aromatic rings. The number of hydrogen-bond donors (Lipinski definition) is 1. The van der Waals surface area contributed by atoms with Crippen LogP contribution in [0.2, 0.25) is 0 Å². The number of nitrogens with zero attached hydrogens (tertiary/aromatic N) is 3. The minimum atomic E-state index is 0.193. The topological polar surface area (TPSA) is 54.2 Å². The van der Waals surface area contributed by atoms with Crippen LogP contribution in [-0.2, 0) is 12.8 Å². The van der Waals surface area contributed by atoms with E-state index in [0.29, 0.717) is 12.3 Å². The first-order valence-corrected chi connectivity index (χ1v) is 6.87. The third kappa shape index (κ3) is 4.15. The molecule has 1 N–H and O–H groups in total. The summed E-state index contributed by atoms with van der Waals surface area (Å²) in [4.78, 5) is 6.56. The molecule has 5 heteroatoms. The lowest BCUT2D eigenvalue weighted by Crippen LogP contribution is -2.19. The molecule has 2 rings (SSSR count). The Kier molecular flexibility index (Phi) is 5.26. The van der Waals surface area contributed by atoms with Gasteiger partial charge < -0.3 is 14.7 Å². The summed E-state index contributed by atoms with van der Waals surface area (Å²) in [7, 11) is 6.02. The van der Waals surface area contributed by atoms with Crippen LogP contribution in [0, 0.1) is 0 Å². The summed E-state index contributed by atoms with van der Waals surface area (Å²) in [6, 6.07) is 10.5. The maximum Gasteiger partial charge on any atom is 0.228 e. The van der Waals surface area contributed by atoms with E-state index < -0.39 is 0 Å². The van der Waals surface area contributed by atoms with E-state index in [1.54, 1.807) is 0 Å². The molecule has 0 aliphatic heterocycles. The highest BCUT2D eigenvalue weighted by molar-refractivity contribution is 5.19. The van der Waals surface area contributed by atoms with E-state index in [1.165, 1.54) is 5.56 Å². The van der Waals surface area contributed by atoms with E-state index in [9.17, 15) is 0 Å². The molecule has 1 unspecified atom stereocenters. The number of nitrogens with one attached hydrogen (secondary N) is 1. The Morgan fingerprint density at radius 1 is 1.25 bits per heavy atom. The quantitative estimate of drug-likeness (QED) is 0.832. The molecule has 0 amide bonds. The van der Waals surface area contributed by atoms with Crippen LogP contribution in [-0.4, -0.2) is 42.7 Å². The average Bonchev–Trinajstić information content (AvgIpc) is 2.91. The zero-order valence-electron chi connectivity index (χ0n) is 12.3. The van der Waals surface area contributed by atoms with Gasteiger partial charge in [-0.1, -0.05) is 35.5 Å². The standard InChI is InChI=1S/C15H22N4O/c1-16-13(12-7-5-4-6-8-12)11-15-17-14(18-20-15)9-10-19(2)3/h4-8,13,16H,9-11H2,1-3H3. The zero-order chi connectivity index (χ0) is 14.4. The first-order chi connectivity index (χ1) is 9.69. The SMILES string of the molecule is CNC(Cc1nc(CCN(C)C)no1)c1ccccc1. The molecule has 108 valence electrons. The summed E-state index contributed by atoms with van der Waals surface area (Å²) < 4.78 is 5.33. The molecule has 20 heavy (non-hydrogen) atoms. The van der Waals surface area contributed by atoms with Crippen molar-refractivity contribution in [3.05, 3.63) is 47.6 Å². The fourth-order valence-electron chi connectivity index (χ4n) is 2.04. The van der Waals surface area contributed by atoms with Gasteiger partial charge in [-0.15, -0.1) is 0 Å². The Morgan fingerprint density at radius 3 is 2.65 bits per heavy atom. The molecule has 1 aromatic heterocycles. The molecule has 0 aliphatic carbocycles. The van der Waals surface area contributed by atoms with Gasteiger partial charge in [0.1, 0.15) is 0 Å². The number of hydrogen-bond acceptors (Lipinski definition) is 5. The van der Waals surface area contributed by atoms with Crippen molar-refractivity contribution in [1.82, 2.24) is 20.4 Å². The van der Waals surface area contributed by atoms with Crippen LogP contribution < -0.4 is 5.32 Å². The van der Waals surface area contributed by atoms with Crippen LogP contribution >= 0.6 is 0 Å². The Labute approximate surface area is 120 Å². The fourth-order valence-corrected chi connectivity index (χ4v) is 2.04.